The van der Waals surface area contributed by atoms with E-state index in [1.807, 2.05) is 6.08 Å². The molecule has 0 amide bonds. The van der Waals surface area contributed by atoms with E-state index in [9.17, 15) is 0 Å². The van der Waals surface area contributed by atoms with Crippen molar-refractivity contribution in [2.24, 2.45) is 0 Å². The Kier molecular flexibility index (Phi) is 22.1. The molecule has 0 rings (SSSR count). The average Bonchev–Trinajstić information content (AvgIpc) is 2.56. The Hall–Kier alpha value is 0.537. The maximum Gasteiger partial charge on any atom is 0.237 e. The molecule has 0 aromatic heterocycles. The van der Waals surface area contributed by atoms with Crippen LogP contribution in [0, 0.1) is 0 Å². The maximum absolute atomic E-state index is 5.86. The molecule has 0 saturated heterocycles. The van der Waals surface area contributed by atoms with Gasteiger partial charge < -0.3 is 0 Å². The molecule has 0 aliphatic carbocycles. The lowest BCUT2D eigenvalue weighted by molar-refractivity contribution is 0.527. The monoisotopic (exact) mass is 392 g/mol. The first-order valence-electron chi connectivity index (χ1n) is 10.7. The van der Waals surface area contributed by atoms with E-state index in [0.717, 1.165) is 6.04 Å². The van der Waals surface area contributed by atoms with Gasteiger partial charge in [0.05, 0.1) is 0 Å². The normalized spacial score (nSPS) is 11.3. The Labute approximate surface area is 163 Å². The number of hydrogen-bond donors (Lipinski definition) is 0. The molecule has 0 aliphatic heterocycles. The van der Waals surface area contributed by atoms with Gasteiger partial charge >= 0.3 is 0 Å². The van der Waals surface area contributed by atoms with E-state index < -0.39 is 7.42 Å². The van der Waals surface area contributed by atoms with Crippen molar-refractivity contribution in [1.82, 2.24) is 0 Å². The standard InChI is InChI=1S/C21H42Cl2Si/c1-2-3-4-5-6-7-8-9-10-11-12-13-14-15-16-17-18-19-20-21-24(22)23/h2,24H,1,3-21H2. The highest BCUT2D eigenvalue weighted by molar-refractivity contribution is 7.33. The minimum atomic E-state index is -1.33. The van der Waals surface area contributed by atoms with Gasteiger partial charge in [0.2, 0.25) is 7.42 Å². The van der Waals surface area contributed by atoms with E-state index in [1.165, 1.54) is 116 Å². The smallest absolute Gasteiger partial charge is 0.150 e. The Bertz CT molecular complexity index is 244. The molecule has 24 heavy (non-hydrogen) atoms. The van der Waals surface area contributed by atoms with Crippen LogP contribution in [0.15, 0.2) is 12.7 Å². The van der Waals surface area contributed by atoms with Crippen LogP contribution in [0.2, 0.25) is 6.04 Å². The van der Waals surface area contributed by atoms with E-state index >= 15 is 0 Å². The van der Waals surface area contributed by atoms with Crippen LogP contribution >= 0.6 is 22.2 Å². The molecule has 0 aliphatic rings. The van der Waals surface area contributed by atoms with Gasteiger partial charge in [-0.1, -0.05) is 109 Å². The minimum Gasteiger partial charge on any atom is -0.150 e. The van der Waals surface area contributed by atoms with Gasteiger partial charge in [0.1, 0.15) is 0 Å². The molecule has 0 radical (unpaired) electrons. The van der Waals surface area contributed by atoms with Crippen molar-refractivity contribution >= 4 is 29.6 Å². The summed E-state index contributed by atoms with van der Waals surface area (Å²) in [5.74, 6) is 0. The molecular weight excluding hydrogens is 351 g/mol. The van der Waals surface area contributed by atoms with Gasteiger partial charge in [0.25, 0.3) is 0 Å². The second kappa shape index (κ2) is 21.6. The number of allylic oxidation sites excluding steroid dienone is 1. The second-order valence-electron chi connectivity index (χ2n) is 7.27. The summed E-state index contributed by atoms with van der Waals surface area (Å²) in [6.07, 6.45) is 27.2. The Morgan fingerprint density at radius 1 is 0.500 bits per heavy atom. The van der Waals surface area contributed by atoms with Crippen LogP contribution in [0.4, 0.5) is 0 Å². The first-order chi connectivity index (χ1) is 11.8. The molecule has 0 unspecified atom stereocenters. The van der Waals surface area contributed by atoms with Crippen LogP contribution in [0.5, 0.6) is 0 Å². The van der Waals surface area contributed by atoms with Crippen LogP contribution in [0.3, 0.4) is 0 Å². The fourth-order valence-electron chi connectivity index (χ4n) is 3.24. The third kappa shape index (κ3) is 22.5. The zero-order valence-electron chi connectivity index (χ0n) is 16.1. The zero-order valence-corrected chi connectivity index (χ0v) is 18.7. The van der Waals surface area contributed by atoms with Crippen molar-refractivity contribution in [3.8, 4) is 0 Å². The highest BCUT2D eigenvalue weighted by atomic mass is 35.7. The molecule has 0 heterocycles. The molecular formula is C21H42Cl2Si. The molecule has 0 atom stereocenters. The van der Waals surface area contributed by atoms with E-state index in [1.54, 1.807) is 0 Å². The van der Waals surface area contributed by atoms with Crippen LogP contribution < -0.4 is 0 Å². The lowest BCUT2D eigenvalue weighted by Gasteiger charge is -2.04. The molecule has 0 saturated carbocycles. The van der Waals surface area contributed by atoms with Crippen LogP contribution in [-0.4, -0.2) is 7.42 Å². The van der Waals surface area contributed by atoms with Gasteiger partial charge in [0.15, 0.2) is 0 Å². The van der Waals surface area contributed by atoms with Crippen molar-refractivity contribution in [3.05, 3.63) is 12.7 Å². The molecule has 0 spiro atoms. The van der Waals surface area contributed by atoms with E-state index in [2.05, 4.69) is 6.58 Å². The Balaban J connectivity index is 2.97. The number of unbranched alkanes of at least 4 members (excludes halogenated alkanes) is 17. The lowest BCUT2D eigenvalue weighted by atomic mass is 10.0. The summed E-state index contributed by atoms with van der Waals surface area (Å²) < 4.78 is 0. The summed E-state index contributed by atoms with van der Waals surface area (Å²) in [7, 11) is -1.33. The van der Waals surface area contributed by atoms with Gasteiger partial charge in [-0.05, 0) is 18.9 Å². The summed E-state index contributed by atoms with van der Waals surface area (Å²) in [5.41, 5.74) is 0. The molecule has 0 aromatic rings. The zero-order chi connectivity index (χ0) is 17.7. The van der Waals surface area contributed by atoms with Crippen molar-refractivity contribution in [1.29, 1.82) is 0 Å². The minimum absolute atomic E-state index is 1.10. The van der Waals surface area contributed by atoms with E-state index in [0.29, 0.717) is 0 Å². The Morgan fingerprint density at radius 2 is 0.792 bits per heavy atom. The van der Waals surface area contributed by atoms with Gasteiger partial charge in [-0.3, -0.25) is 0 Å². The van der Waals surface area contributed by atoms with Gasteiger partial charge in [-0.25, -0.2) is 0 Å². The van der Waals surface area contributed by atoms with Crippen LogP contribution in [-0.2, 0) is 0 Å². The van der Waals surface area contributed by atoms with E-state index in [4.69, 9.17) is 22.2 Å². The van der Waals surface area contributed by atoms with Gasteiger partial charge in [-0.2, -0.15) is 22.2 Å². The third-order valence-corrected chi connectivity index (χ3v) is 6.98. The van der Waals surface area contributed by atoms with Crippen molar-refractivity contribution in [3.63, 3.8) is 0 Å². The highest BCUT2D eigenvalue weighted by Crippen LogP contribution is 2.15. The molecule has 0 nitrogen and oxygen atoms in total. The fraction of sp³-hybridized carbons (Fsp3) is 0.905. The predicted molar refractivity (Wildman–Crippen MR) is 117 cm³/mol. The summed E-state index contributed by atoms with van der Waals surface area (Å²) in [5, 5.41) is 0. The first kappa shape index (κ1) is 24.5. The predicted octanol–water partition coefficient (Wildman–Crippen LogP) is 8.89. The van der Waals surface area contributed by atoms with Crippen LogP contribution in [0.25, 0.3) is 0 Å². The van der Waals surface area contributed by atoms with Crippen molar-refractivity contribution in [2.75, 3.05) is 0 Å². The molecule has 0 fully saturated rings. The van der Waals surface area contributed by atoms with E-state index in [-0.39, 0.29) is 0 Å². The topological polar surface area (TPSA) is 0 Å². The third-order valence-electron chi connectivity index (χ3n) is 4.83. The second-order valence-corrected chi connectivity index (χ2v) is 12.5. The quantitative estimate of drug-likeness (QED) is 0.0838. The number of halogens is 2. The molecule has 0 N–H and O–H groups in total. The SMILES string of the molecule is C=CCCCCCCCCCCCCCCCCCCC[SiH](Cl)Cl. The van der Waals surface area contributed by atoms with Crippen molar-refractivity contribution in [2.45, 2.75) is 122 Å². The number of rotatable bonds is 20. The first-order valence-corrected chi connectivity index (χ1v) is 15.0. The summed E-state index contributed by atoms with van der Waals surface area (Å²) in [6.45, 7) is 3.77. The lowest BCUT2D eigenvalue weighted by Crippen LogP contribution is -1.91. The fourth-order valence-corrected chi connectivity index (χ4v) is 4.76. The van der Waals surface area contributed by atoms with Gasteiger partial charge in [0, 0.05) is 0 Å². The Morgan fingerprint density at radius 3 is 1.08 bits per heavy atom. The highest BCUT2D eigenvalue weighted by Gasteiger charge is 2.00. The summed E-state index contributed by atoms with van der Waals surface area (Å²) >= 11 is 11.7. The maximum atomic E-state index is 5.86. The van der Waals surface area contributed by atoms with Crippen molar-refractivity contribution < 1.29 is 0 Å². The average molecular weight is 394 g/mol. The van der Waals surface area contributed by atoms with Crippen LogP contribution in [0.1, 0.15) is 116 Å². The summed E-state index contributed by atoms with van der Waals surface area (Å²) in [6, 6.07) is 1.10. The molecule has 3 heteroatoms. The molecule has 0 bridgehead atoms. The molecule has 0 aromatic carbocycles. The summed E-state index contributed by atoms with van der Waals surface area (Å²) in [4.78, 5) is 0. The largest absolute Gasteiger partial charge is 0.237 e. The molecule has 144 valence electrons. The number of hydrogen-bond acceptors (Lipinski definition) is 0. The van der Waals surface area contributed by atoms with Gasteiger partial charge in [-0.15, -0.1) is 6.58 Å².